The number of fused-ring (bicyclic) bond motifs is 1. The lowest BCUT2D eigenvalue weighted by Crippen LogP contribution is -2.38. The molecular formula is C27H31N7O3S. The van der Waals surface area contributed by atoms with Crippen LogP contribution in [0.3, 0.4) is 0 Å². The van der Waals surface area contributed by atoms with Crippen LogP contribution in [0, 0.1) is 6.92 Å². The van der Waals surface area contributed by atoms with E-state index in [9.17, 15) is 8.42 Å². The number of hydrogen-bond acceptors (Lipinski definition) is 9. The number of aromatic nitrogens is 4. The van der Waals surface area contributed by atoms with Crippen molar-refractivity contribution in [1.29, 1.82) is 0 Å². The first kappa shape index (κ1) is 25.8. The molecule has 38 heavy (non-hydrogen) atoms. The second-order valence-electron chi connectivity index (χ2n) is 9.34. The van der Waals surface area contributed by atoms with Crippen LogP contribution in [0.4, 0.5) is 11.6 Å². The molecular weight excluding hydrogens is 502 g/mol. The highest BCUT2D eigenvalue weighted by molar-refractivity contribution is 7.92. The first-order valence-corrected chi connectivity index (χ1v) is 14.4. The number of piperidine rings is 1. The number of ether oxygens (including phenoxy) is 1. The Balaban J connectivity index is 1.49. The summed E-state index contributed by atoms with van der Waals surface area (Å²) in [7, 11) is -3.45. The van der Waals surface area contributed by atoms with Crippen LogP contribution < -0.4 is 20.1 Å². The number of aryl methyl sites for hydroxylation is 1. The molecule has 1 aliphatic heterocycles. The molecule has 0 spiro atoms. The monoisotopic (exact) mass is 533 g/mol. The molecule has 0 aliphatic carbocycles. The van der Waals surface area contributed by atoms with Gasteiger partial charge in [-0.3, -0.25) is 4.72 Å². The Morgan fingerprint density at radius 1 is 1.11 bits per heavy atom. The summed E-state index contributed by atoms with van der Waals surface area (Å²) in [5, 5.41) is 16.6. The second-order valence-corrected chi connectivity index (χ2v) is 11.2. The SMILES string of the molecule is CCCS(=O)(=O)Nc1cccc2c(Oc3nnccc3-c3ccnc(NC4CCCNC4)n3)c(C)ccc12. The van der Waals surface area contributed by atoms with Gasteiger partial charge in [-0.1, -0.05) is 31.2 Å². The van der Waals surface area contributed by atoms with Crippen molar-refractivity contribution in [2.24, 2.45) is 0 Å². The normalized spacial score (nSPS) is 15.8. The van der Waals surface area contributed by atoms with Gasteiger partial charge in [0.25, 0.3) is 0 Å². The Kier molecular flexibility index (Phi) is 7.66. The molecule has 0 bridgehead atoms. The third-order valence-electron chi connectivity index (χ3n) is 6.39. The molecule has 1 unspecified atom stereocenters. The Morgan fingerprint density at radius 2 is 2.00 bits per heavy atom. The molecule has 3 heterocycles. The van der Waals surface area contributed by atoms with Crippen molar-refractivity contribution < 1.29 is 13.2 Å². The molecule has 1 atom stereocenters. The predicted molar refractivity (Wildman–Crippen MR) is 149 cm³/mol. The summed E-state index contributed by atoms with van der Waals surface area (Å²) >= 11 is 0. The molecule has 5 rings (SSSR count). The lowest BCUT2D eigenvalue weighted by atomic mass is 10.0. The number of sulfonamides is 1. The molecule has 3 N–H and O–H groups in total. The second kappa shape index (κ2) is 11.3. The summed E-state index contributed by atoms with van der Waals surface area (Å²) in [4.78, 5) is 9.12. The van der Waals surface area contributed by atoms with Gasteiger partial charge in [-0.05, 0) is 56.5 Å². The number of anilines is 2. The standard InChI is InChI=1S/C27H31N7O3S/c1-3-16-38(35,36)34-24-8-4-7-21-20(24)10-9-18(2)25(21)37-26-22(11-15-30-33-26)23-12-14-29-27(32-23)31-19-6-5-13-28-17-19/h4,7-12,14-15,19,28,34H,3,5-6,13,16-17H2,1-2H3,(H,29,31,32). The quantitative estimate of drug-likeness (QED) is 0.284. The van der Waals surface area contributed by atoms with Crippen molar-refractivity contribution in [3.05, 3.63) is 60.4 Å². The fourth-order valence-corrected chi connectivity index (χ4v) is 5.73. The van der Waals surface area contributed by atoms with Gasteiger partial charge in [0.2, 0.25) is 21.9 Å². The zero-order valence-electron chi connectivity index (χ0n) is 21.4. The Hall–Kier alpha value is -3.83. The highest BCUT2D eigenvalue weighted by atomic mass is 32.2. The van der Waals surface area contributed by atoms with E-state index in [4.69, 9.17) is 9.72 Å². The van der Waals surface area contributed by atoms with E-state index in [-0.39, 0.29) is 11.8 Å². The summed E-state index contributed by atoms with van der Waals surface area (Å²) in [5.41, 5.74) is 2.70. The average Bonchev–Trinajstić information content (AvgIpc) is 2.91. The van der Waals surface area contributed by atoms with Gasteiger partial charge < -0.3 is 15.4 Å². The van der Waals surface area contributed by atoms with Gasteiger partial charge in [-0.25, -0.2) is 18.4 Å². The van der Waals surface area contributed by atoms with Gasteiger partial charge in [0.05, 0.1) is 28.9 Å². The highest BCUT2D eigenvalue weighted by Crippen LogP contribution is 2.38. The van der Waals surface area contributed by atoms with E-state index in [0.717, 1.165) is 42.3 Å². The number of benzene rings is 2. The van der Waals surface area contributed by atoms with Gasteiger partial charge in [0.15, 0.2) is 0 Å². The van der Waals surface area contributed by atoms with Gasteiger partial charge in [0, 0.05) is 29.6 Å². The molecule has 11 heteroatoms. The minimum Gasteiger partial charge on any atom is -0.436 e. The van der Waals surface area contributed by atoms with Gasteiger partial charge in [0.1, 0.15) is 5.75 Å². The number of nitrogens with one attached hydrogen (secondary N) is 3. The molecule has 10 nitrogen and oxygen atoms in total. The Labute approximate surface area is 222 Å². The van der Waals surface area contributed by atoms with Crippen molar-refractivity contribution in [1.82, 2.24) is 25.5 Å². The van der Waals surface area contributed by atoms with E-state index in [0.29, 0.717) is 40.9 Å². The third kappa shape index (κ3) is 5.84. The fourth-order valence-electron chi connectivity index (χ4n) is 4.57. The smallest absolute Gasteiger partial charge is 0.248 e. The minimum absolute atomic E-state index is 0.0502. The Bertz CT molecular complexity index is 1540. The molecule has 198 valence electrons. The number of hydrogen-bond donors (Lipinski definition) is 3. The zero-order chi connectivity index (χ0) is 26.5. The first-order valence-electron chi connectivity index (χ1n) is 12.8. The summed E-state index contributed by atoms with van der Waals surface area (Å²) in [6.45, 7) is 5.67. The van der Waals surface area contributed by atoms with Gasteiger partial charge >= 0.3 is 0 Å². The van der Waals surface area contributed by atoms with Crippen LogP contribution in [-0.4, -0.2) is 53.5 Å². The highest BCUT2D eigenvalue weighted by Gasteiger charge is 2.18. The molecule has 4 aromatic rings. The lowest BCUT2D eigenvalue weighted by Gasteiger charge is -2.23. The van der Waals surface area contributed by atoms with Crippen molar-refractivity contribution in [3.63, 3.8) is 0 Å². The van der Waals surface area contributed by atoms with Crippen molar-refractivity contribution in [3.8, 4) is 22.9 Å². The topological polar surface area (TPSA) is 131 Å². The summed E-state index contributed by atoms with van der Waals surface area (Å²) in [5.74, 6) is 1.46. The van der Waals surface area contributed by atoms with Crippen LogP contribution in [0.1, 0.15) is 31.7 Å². The fraction of sp³-hybridized carbons (Fsp3) is 0.333. The molecule has 1 saturated heterocycles. The minimum atomic E-state index is -3.45. The van der Waals surface area contributed by atoms with Crippen LogP contribution >= 0.6 is 0 Å². The first-order chi connectivity index (χ1) is 18.4. The molecule has 2 aromatic carbocycles. The van der Waals surface area contributed by atoms with E-state index in [1.165, 1.54) is 0 Å². The van der Waals surface area contributed by atoms with Crippen molar-refractivity contribution >= 4 is 32.4 Å². The molecule has 2 aromatic heterocycles. The van der Waals surface area contributed by atoms with Crippen LogP contribution in [0.25, 0.3) is 22.0 Å². The zero-order valence-corrected chi connectivity index (χ0v) is 22.3. The third-order valence-corrected chi connectivity index (χ3v) is 7.87. The van der Waals surface area contributed by atoms with Gasteiger partial charge in [-0.2, -0.15) is 5.10 Å². The van der Waals surface area contributed by atoms with Crippen molar-refractivity contribution in [2.45, 2.75) is 39.2 Å². The van der Waals surface area contributed by atoms with Crippen LogP contribution in [0.2, 0.25) is 0 Å². The maximum atomic E-state index is 12.5. The van der Waals surface area contributed by atoms with Crippen LogP contribution in [-0.2, 0) is 10.0 Å². The molecule has 0 saturated carbocycles. The molecule has 0 amide bonds. The Morgan fingerprint density at radius 3 is 2.82 bits per heavy atom. The number of rotatable bonds is 9. The number of nitrogens with zero attached hydrogens (tertiary/aromatic N) is 4. The van der Waals surface area contributed by atoms with E-state index in [1.54, 1.807) is 30.6 Å². The summed E-state index contributed by atoms with van der Waals surface area (Å²) in [6, 6.07) is 13.1. The molecule has 1 aliphatic rings. The molecule has 1 fully saturated rings. The lowest BCUT2D eigenvalue weighted by molar-refractivity contribution is 0.459. The van der Waals surface area contributed by atoms with E-state index < -0.39 is 10.0 Å². The largest absolute Gasteiger partial charge is 0.436 e. The van der Waals surface area contributed by atoms with E-state index in [2.05, 4.69) is 30.5 Å². The molecule has 0 radical (unpaired) electrons. The van der Waals surface area contributed by atoms with Crippen LogP contribution in [0.5, 0.6) is 11.6 Å². The average molecular weight is 534 g/mol. The predicted octanol–water partition coefficient (Wildman–Crippen LogP) is 4.50. The van der Waals surface area contributed by atoms with Crippen molar-refractivity contribution in [2.75, 3.05) is 28.9 Å². The van der Waals surface area contributed by atoms with Gasteiger partial charge in [-0.15, -0.1) is 5.10 Å². The summed E-state index contributed by atoms with van der Waals surface area (Å²) < 4.78 is 34.0. The van der Waals surface area contributed by atoms with E-state index in [1.807, 2.05) is 38.1 Å². The maximum Gasteiger partial charge on any atom is 0.248 e. The van der Waals surface area contributed by atoms with Crippen LogP contribution in [0.15, 0.2) is 54.9 Å². The van der Waals surface area contributed by atoms with E-state index >= 15 is 0 Å². The summed E-state index contributed by atoms with van der Waals surface area (Å²) in [6.07, 6.45) is 6.00. The maximum absolute atomic E-state index is 12.5.